The van der Waals surface area contributed by atoms with E-state index in [1.807, 2.05) is 6.07 Å². The first-order valence-electron chi connectivity index (χ1n) is 6.61. The number of benzene rings is 1. The summed E-state index contributed by atoms with van der Waals surface area (Å²) in [5.74, 6) is -0.862. The number of nitrogens with one attached hydrogen (secondary N) is 1. The maximum atomic E-state index is 11.9. The van der Waals surface area contributed by atoms with Gasteiger partial charge < -0.3 is 10.2 Å². The Hall–Kier alpha value is -2.06. The van der Waals surface area contributed by atoms with E-state index in [0.717, 1.165) is 6.42 Å². The standard InChI is InChI=1S/C15H18ClN3O2/c1-10(2)6-7-19(3)15(21)14(20)18-12-5-4-11(9-17)13(16)8-12/h4-5,8,10H,6-7H2,1-3H3,(H,18,20). The molecule has 112 valence electrons. The minimum Gasteiger partial charge on any atom is -0.337 e. The Morgan fingerprint density at radius 3 is 2.62 bits per heavy atom. The number of nitrogens with zero attached hydrogens (tertiary/aromatic N) is 2. The van der Waals surface area contributed by atoms with E-state index in [9.17, 15) is 9.59 Å². The summed E-state index contributed by atoms with van der Waals surface area (Å²) in [6.07, 6.45) is 0.832. The summed E-state index contributed by atoms with van der Waals surface area (Å²) < 4.78 is 0. The predicted octanol–water partition coefficient (Wildman–Crippen LogP) is 2.65. The molecule has 5 nitrogen and oxygen atoms in total. The fraction of sp³-hybridized carbons (Fsp3) is 0.400. The summed E-state index contributed by atoms with van der Waals surface area (Å²) in [6.45, 7) is 4.63. The molecular weight excluding hydrogens is 290 g/mol. The minimum atomic E-state index is -0.720. The van der Waals surface area contributed by atoms with Gasteiger partial charge in [0.15, 0.2) is 0 Å². The van der Waals surface area contributed by atoms with Gasteiger partial charge in [0.05, 0.1) is 10.6 Å². The highest BCUT2D eigenvalue weighted by Crippen LogP contribution is 2.20. The van der Waals surface area contributed by atoms with Crippen LogP contribution < -0.4 is 5.32 Å². The monoisotopic (exact) mass is 307 g/mol. The van der Waals surface area contributed by atoms with Crippen molar-refractivity contribution in [1.29, 1.82) is 5.26 Å². The molecule has 0 radical (unpaired) electrons. The highest BCUT2D eigenvalue weighted by Gasteiger charge is 2.19. The molecule has 6 heteroatoms. The van der Waals surface area contributed by atoms with Crippen LogP contribution in [0.5, 0.6) is 0 Å². The molecule has 0 aromatic heterocycles. The quantitative estimate of drug-likeness (QED) is 0.869. The Balaban J connectivity index is 2.66. The van der Waals surface area contributed by atoms with E-state index >= 15 is 0 Å². The van der Waals surface area contributed by atoms with Crippen molar-refractivity contribution in [2.45, 2.75) is 20.3 Å². The average molecular weight is 308 g/mol. The van der Waals surface area contributed by atoms with Crippen molar-refractivity contribution >= 4 is 29.1 Å². The Labute approximate surface area is 129 Å². The van der Waals surface area contributed by atoms with E-state index in [0.29, 0.717) is 23.7 Å². The molecule has 0 unspecified atom stereocenters. The van der Waals surface area contributed by atoms with E-state index in [-0.39, 0.29) is 5.02 Å². The van der Waals surface area contributed by atoms with E-state index in [1.54, 1.807) is 7.05 Å². The number of likely N-dealkylation sites (N-methyl/N-ethyl adjacent to an activating group) is 1. The van der Waals surface area contributed by atoms with Crippen molar-refractivity contribution in [3.8, 4) is 6.07 Å². The number of hydrogen-bond acceptors (Lipinski definition) is 3. The van der Waals surface area contributed by atoms with Gasteiger partial charge in [0.25, 0.3) is 0 Å². The van der Waals surface area contributed by atoms with Crippen molar-refractivity contribution in [2.24, 2.45) is 5.92 Å². The summed E-state index contributed by atoms with van der Waals surface area (Å²) in [4.78, 5) is 25.1. The Morgan fingerprint density at radius 1 is 1.43 bits per heavy atom. The van der Waals surface area contributed by atoms with Gasteiger partial charge in [0.2, 0.25) is 0 Å². The molecule has 2 amide bonds. The van der Waals surface area contributed by atoms with Crippen molar-refractivity contribution in [1.82, 2.24) is 4.90 Å². The zero-order chi connectivity index (χ0) is 16.0. The predicted molar refractivity (Wildman–Crippen MR) is 81.9 cm³/mol. The highest BCUT2D eigenvalue weighted by molar-refractivity contribution is 6.39. The lowest BCUT2D eigenvalue weighted by atomic mass is 10.1. The third-order valence-corrected chi connectivity index (χ3v) is 3.24. The molecule has 0 atom stereocenters. The third kappa shape index (κ3) is 5.09. The number of carbonyl (C=O) groups is 2. The lowest BCUT2D eigenvalue weighted by molar-refractivity contribution is -0.142. The summed E-state index contributed by atoms with van der Waals surface area (Å²) in [7, 11) is 1.59. The smallest absolute Gasteiger partial charge is 0.313 e. The van der Waals surface area contributed by atoms with Crippen LogP contribution in [0.1, 0.15) is 25.8 Å². The summed E-state index contributed by atoms with van der Waals surface area (Å²) in [5.41, 5.74) is 0.699. The second-order valence-electron chi connectivity index (χ2n) is 5.17. The van der Waals surface area contributed by atoms with Gasteiger partial charge in [-0.05, 0) is 30.5 Å². The summed E-state index contributed by atoms with van der Waals surface area (Å²) >= 11 is 5.87. The largest absolute Gasteiger partial charge is 0.337 e. The highest BCUT2D eigenvalue weighted by atomic mass is 35.5. The summed E-state index contributed by atoms with van der Waals surface area (Å²) in [6, 6.07) is 6.39. The van der Waals surface area contributed by atoms with Crippen LogP contribution in [0.2, 0.25) is 5.02 Å². The van der Waals surface area contributed by atoms with E-state index in [4.69, 9.17) is 16.9 Å². The molecule has 0 fully saturated rings. The van der Waals surface area contributed by atoms with Crippen LogP contribution >= 0.6 is 11.6 Å². The Morgan fingerprint density at radius 2 is 2.10 bits per heavy atom. The van der Waals surface area contributed by atoms with Crippen molar-refractivity contribution in [2.75, 3.05) is 18.9 Å². The van der Waals surface area contributed by atoms with Crippen LogP contribution in [0.3, 0.4) is 0 Å². The van der Waals surface area contributed by atoms with Gasteiger partial charge >= 0.3 is 11.8 Å². The molecule has 0 aliphatic rings. The first-order valence-corrected chi connectivity index (χ1v) is 6.99. The lowest BCUT2D eigenvalue weighted by Gasteiger charge is -2.17. The number of halogens is 1. The fourth-order valence-corrected chi connectivity index (χ4v) is 1.82. The zero-order valence-corrected chi connectivity index (χ0v) is 13.1. The number of anilines is 1. The second kappa shape index (κ2) is 7.65. The topological polar surface area (TPSA) is 73.2 Å². The molecule has 1 N–H and O–H groups in total. The first-order chi connectivity index (χ1) is 9.85. The minimum absolute atomic E-state index is 0.232. The van der Waals surface area contributed by atoms with Crippen LogP contribution in [0.25, 0.3) is 0 Å². The third-order valence-electron chi connectivity index (χ3n) is 2.93. The molecule has 0 saturated heterocycles. The molecule has 0 heterocycles. The van der Waals surface area contributed by atoms with Gasteiger partial charge in [-0.1, -0.05) is 25.4 Å². The SMILES string of the molecule is CC(C)CCN(C)C(=O)C(=O)Nc1ccc(C#N)c(Cl)c1. The van der Waals surface area contributed by atoms with Crippen molar-refractivity contribution in [3.05, 3.63) is 28.8 Å². The molecule has 1 aromatic rings. The normalized spacial score (nSPS) is 10.1. The number of carbonyl (C=O) groups excluding carboxylic acids is 2. The Bertz CT molecular complexity index is 579. The second-order valence-corrected chi connectivity index (χ2v) is 5.58. The van der Waals surface area contributed by atoms with Gasteiger partial charge in [-0.25, -0.2) is 0 Å². The zero-order valence-electron chi connectivity index (χ0n) is 12.3. The maximum Gasteiger partial charge on any atom is 0.313 e. The molecule has 0 aliphatic heterocycles. The van der Waals surface area contributed by atoms with Gasteiger partial charge in [-0.3, -0.25) is 9.59 Å². The lowest BCUT2D eigenvalue weighted by Crippen LogP contribution is -2.37. The van der Waals surface area contributed by atoms with Crippen LogP contribution in [0, 0.1) is 17.2 Å². The number of hydrogen-bond donors (Lipinski definition) is 1. The molecule has 1 rings (SSSR count). The molecule has 0 saturated carbocycles. The van der Waals surface area contributed by atoms with Crippen LogP contribution in [-0.2, 0) is 9.59 Å². The number of amides is 2. The van der Waals surface area contributed by atoms with Crippen LogP contribution in [0.15, 0.2) is 18.2 Å². The van der Waals surface area contributed by atoms with Crippen LogP contribution in [0.4, 0.5) is 5.69 Å². The Kier molecular flexibility index (Phi) is 6.19. The van der Waals surface area contributed by atoms with Crippen molar-refractivity contribution in [3.63, 3.8) is 0 Å². The van der Waals surface area contributed by atoms with Gasteiger partial charge in [-0.15, -0.1) is 0 Å². The maximum absolute atomic E-state index is 11.9. The van der Waals surface area contributed by atoms with E-state index in [2.05, 4.69) is 19.2 Å². The van der Waals surface area contributed by atoms with Gasteiger partial charge in [-0.2, -0.15) is 5.26 Å². The molecule has 0 aliphatic carbocycles. The fourth-order valence-electron chi connectivity index (χ4n) is 1.59. The number of nitriles is 1. The molecular formula is C15H18ClN3O2. The van der Waals surface area contributed by atoms with Gasteiger partial charge in [0.1, 0.15) is 6.07 Å². The van der Waals surface area contributed by atoms with E-state index < -0.39 is 11.8 Å². The molecule has 1 aromatic carbocycles. The molecule has 21 heavy (non-hydrogen) atoms. The van der Waals surface area contributed by atoms with E-state index in [1.165, 1.54) is 23.1 Å². The van der Waals surface area contributed by atoms with Gasteiger partial charge in [0, 0.05) is 19.3 Å². The first kappa shape index (κ1) is 17.0. The van der Waals surface area contributed by atoms with Crippen molar-refractivity contribution < 1.29 is 9.59 Å². The molecule has 0 spiro atoms. The average Bonchev–Trinajstić information content (AvgIpc) is 2.44. The van der Waals surface area contributed by atoms with Crippen LogP contribution in [-0.4, -0.2) is 30.3 Å². The molecule has 0 bridgehead atoms. The summed E-state index contributed by atoms with van der Waals surface area (Å²) in [5, 5.41) is 11.5. The number of rotatable bonds is 4.